The number of rotatable bonds is 8. The minimum Gasteiger partial charge on any atom is -0.495 e. The highest BCUT2D eigenvalue weighted by Crippen LogP contribution is 2.46. The van der Waals surface area contributed by atoms with Crippen molar-refractivity contribution in [1.29, 1.82) is 0 Å². The fourth-order valence-electron chi connectivity index (χ4n) is 2.83. The predicted octanol–water partition coefficient (Wildman–Crippen LogP) is 3.81. The lowest BCUT2D eigenvalue weighted by Crippen LogP contribution is -2.13. The third-order valence-electron chi connectivity index (χ3n) is 4.00. The Morgan fingerprint density at radius 1 is 1.04 bits per heavy atom. The lowest BCUT2D eigenvalue weighted by molar-refractivity contribution is -0.139. The molecule has 0 aliphatic heterocycles. The Morgan fingerprint density at radius 3 is 2.39 bits per heavy atom. The molecule has 144 valence electrons. The summed E-state index contributed by atoms with van der Waals surface area (Å²) in [6, 6.07) is 10.9. The molecule has 0 fully saturated rings. The number of aliphatic carboxylic acids is 1. The Kier molecular flexibility index (Phi) is 5.64. The van der Waals surface area contributed by atoms with Crippen molar-refractivity contribution in [2.75, 3.05) is 20.8 Å². The molecule has 2 aromatic carbocycles. The van der Waals surface area contributed by atoms with E-state index in [2.05, 4.69) is 0 Å². The van der Waals surface area contributed by atoms with Crippen LogP contribution in [-0.2, 0) is 4.79 Å². The van der Waals surface area contributed by atoms with Crippen LogP contribution in [0, 0.1) is 0 Å². The van der Waals surface area contributed by atoms with Crippen LogP contribution in [0.3, 0.4) is 0 Å². The first kappa shape index (κ1) is 19.0. The number of carbonyl (C=O) groups excluding carboxylic acids is 1. The molecule has 0 atom stereocenters. The van der Waals surface area contributed by atoms with Crippen LogP contribution in [0.25, 0.3) is 17.0 Å². The minimum atomic E-state index is -1.20. The summed E-state index contributed by atoms with van der Waals surface area (Å²) in [4.78, 5) is 24.0. The summed E-state index contributed by atoms with van der Waals surface area (Å²) in [5, 5.41) is 9.51. The number of carboxylic acid groups (broad SMARTS) is 1. The number of furan rings is 1. The largest absolute Gasteiger partial charge is 0.495 e. The molecule has 1 heterocycles. The van der Waals surface area contributed by atoms with Crippen molar-refractivity contribution in [3.05, 3.63) is 59.9 Å². The van der Waals surface area contributed by atoms with Gasteiger partial charge in [0.05, 0.1) is 25.9 Å². The highest BCUT2D eigenvalue weighted by atomic mass is 16.5. The molecule has 3 rings (SSSR count). The van der Waals surface area contributed by atoms with Gasteiger partial charge >= 0.3 is 5.97 Å². The van der Waals surface area contributed by atoms with E-state index in [0.717, 1.165) is 5.56 Å². The van der Waals surface area contributed by atoms with Gasteiger partial charge in [0, 0.05) is 0 Å². The van der Waals surface area contributed by atoms with Gasteiger partial charge in [-0.15, -0.1) is 0 Å². The van der Waals surface area contributed by atoms with Gasteiger partial charge in [-0.2, -0.15) is 0 Å². The van der Waals surface area contributed by atoms with E-state index in [1.54, 1.807) is 12.1 Å². The molecule has 0 saturated carbocycles. The zero-order valence-corrected chi connectivity index (χ0v) is 15.3. The van der Waals surface area contributed by atoms with Gasteiger partial charge in [-0.3, -0.25) is 4.79 Å². The summed E-state index contributed by atoms with van der Waals surface area (Å²) in [6.45, 7) is -0.658. The van der Waals surface area contributed by atoms with Crippen molar-refractivity contribution in [3.63, 3.8) is 0 Å². The van der Waals surface area contributed by atoms with Gasteiger partial charge in [-0.1, -0.05) is 36.4 Å². The number of methoxy groups -OCH3 is 2. The summed E-state index contributed by atoms with van der Waals surface area (Å²) in [5.74, 6) is -1.33. The maximum Gasteiger partial charge on any atom is 0.341 e. The Hall–Kier alpha value is -3.74. The Morgan fingerprint density at radius 2 is 1.75 bits per heavy atom. The molecule has 0 radical (unpaired) electrons. The summed E-state index contributed by atoms with van der Waals surface area (Å²) < 4.78 is 21.6. The van der Waals surface area contributed by atoms with E-state index in [1.807, 2.05) is 30.3 Å². The zero-order valence-electron chi connectivity index (χ0n) is 15.3. The van der Waals surface area contributed by atoms with Crippen LogP contribution in [0.2, 0.25) is 0 Å². The average Bonchev–Trinajstić information content (AvgIpc) is 3.19. The lowest BCUT2D eigenvalue weighted by Gasteiger charge is -2.16. The normalized spacial score (nSPS) is 10.9. The van der Waals surface area contributed by atoms with Crippen LogP contribution in [-0.4, -0.2) is 37.7 Å². The molecule has 0 spiro atoms. The highest BCUT2D eigenvalue weighted by Gasteiger charge is 2.28. The van der Waals surface area contributed by atoms with E-state index >= 15 is 0 Å². The van der Waals surface area contributed by atoms with Gasteiger partial charge < -0.3 is 23.7 Å². The van der Waals surface area contributed by atoms with Crippen molar-refractivity contribution in [1.82, 2.24) is 0 Å². The third-order valence-corrected chi connectivity index (χ3v) is 4.00. The Balaban J connectivity index is 2.17. The van der Waals surface area contributed by atoms with Gasteiger partial charge in [0.15, 0.2) is 23.7 Å². The van der Waals surface area contributed by atoms with Crippen molar-refractivity contribution in [2.24, 2.45) is 0 Å². The molecule has 7 heteroatoms. The number of hydrogen-bond acceptors (Lipinski definition) is 6. The molecule has 1 N–H and O–H groups in total. The van der Waals surface area contributed by atoms with Crippen LogP contribution in [0.15, 0.2) is 53.2 Å². The van der Waals surface area contributed by atoms with Crippen LogP contribution in [0.5, 0.6) is 17.2 Å². The molecule has 0 bridgehead atoms. The van der Waals surface area contributed by atoms with Crippen molar-refractivity contribution >= 4 is 28.8 Å². The molecule has 0 unspecified atom stereocenters. The van der Waals surface area contributed by atoms with E-state index in [1.165, 1.54) is 26.6 Å². The van der Waals surface area contributed by atoms with E-state index in [9.17, 15) is 9.59 Å². The number of allylic oxidation sites excluding steroid dienone is 1. The smallest absolute Gasteiger partial charge is 0.341 e. The maximum atomic E-state index is 13.0. The standard InChI is InChI=1S/C21H18O7/c1-25-18-14-10-11-27-19(14)21(26-2)20(28-12-16(23)24)17(18)15(22)9-8-13-6-4-3-5-7-13/h3-11H,12H2,1-2H3,(H,23,24)/b9-8+. The van der Waals surface area contributed by atoms with Gasteiger partial charge in [0.2, 0.25) is 5.75 Å². The molecule has 0 aliphatic carbocycles. The second kappa shape index (κ2) is 8.30. The second-order valence-corrected chi connectivity index (χ2v) is 5.72. The fraction of sp³-hybridized carbons (Fsp3) is 0.143. The van der Waals surface area contributed by atoms with Crippen LogP contribution >= 0.6 is 0 Å². The van der Waals surface area contributed by atoms with Crippen molar-refractivity contribution in [3.8, 4) is 17.2 Å². The van der Waals surface area contributed by atoms with Crippen LogP contribution in [0.4, 0.5) is 0 Å². The number of benzene rings is 2. The predicted molar refractivity (Wildman–Crippen MR) is 102 cm³/mol. The SMILES string of the molecule is COc1c(C(=O)/C=C/c2ccccc2)c(OCC(=O)O)c(OC)c2occc12. The number of ether oxygens (including phenoxy) is 3. The fourth-order valence-corrected chi connectivity index (χ4v) is 2.83. The quantitative estimate of drug-likeness (QED) is 0.467. The van der Waals surface area contributed by atoms with Crippen LogP contribution < -0.4 is 14.2 Å². The van der Waals surface area contributed by atoms with E-state index in [-0.39, 0.29) is 22.8 Å². The molecule has 0 amide bonds. The number of ketones is 1. The Bertz CT molecular complexity index is 1030. The summed E-state index contributed by atoms with van der Waals surface area (Å²) in [6.07, 6.45) is 4.44. The molecule has 28 heavy (non-hydrogen) atoms. The summed E-state index contributed by atoms with van der Waals surface area (Å²) in [5.41, 5.74) is 1.18. The Labute approximate surface area is 160 Å². The number of carbonyl (C=O) groups is 2. The van der Waals surface area contributed by atoms with Gasteiger partial charge in [-0.25, -0.2) is 4.79 Å². The van der Waals surface area contributed by atoms with Crippen molar-refractivity contribution in [2.45, 2.75) is 0 Å². The van der Waals surface area contributed by atoms with Gasteiger partial charge in [0.1, 0.15) is 11.3 Å². The van der Waals surface area contributed by atoms with Crippen LogP contribution in [0.1, 0.15) is 15.9 Å². The number of fused-ring (bicyclic) bond motifs is 1. The molecular weight excluding hydrogens is 364 g/mol. The molecule has 0 saturated heterocycles. The lowest BCUT2D eigenvalue weighted by atomic mass is 10.0. The first-order valence-corrected chi connectivity index (χ1v) is 8.34. The highest BCUT2D eigenvalue weighted by molar-refractivity contribution is 6.15. The van der Waals surface area contributed by atoms with E-state index in [0.29, 0.717) is 11.0 Å². The minimum absolute atomic E-state index is 0.0492. The zero-order chi connectivity index (χ0) is 20.1. The first-order chi connectivity index (χ1) is 13.6. The topological polar surface area (TPSA) is 95.2 Å². The summed E-state index contributed by atoms with van der Waals surface area (Å²) >= 11 is 0. The molecule has 3 aromatic rings. The molecule has 1 aromatic heterocycles. The average molecular weight is 382 g/mol. The second-order valence-electron chi connectivity index (χ2n) is 5.72. The molecular formula is C21H18O7. The van der Waals surface area contributed by atoms with Crippen molar-refractivity contribution < 1.29 is 33.3 Å². The van der Waals surface area contributed by atoms with Gasteiger partial charge in [0.25, 0.3) is 0 Å². The molecule has 7 nitrogen and oxygen atoms in total. The monoisotopic (exact) mass is 382 g/mol. The maximum absolute atomic E-state index is 13.0. The number of hydrogen-bond donors (Lipinski definition) is 1. The van der Waals surface area contributed by atoms with E-state index in [4.69, 9.17) is 23.7 Å². The summed E-state index contributed by atoms with van der Waals surface area (Å²) in [7, 11) is 2.79. The van der Waals surface area contributed by atoms with E-state index < -0.39 is 18.4 Å². The molecule has 0 aliphatic rings. The van der Waals surface area contributed by atoms with Gasteiger partial charge in [-0.05, 0) is 17.7 Å². The third kappa shape index (κ3) is 3.68. The first-order valence-electron chi connectivity index (χ1n) is 8.34. The number of carboxylic acids is 1.